The maximum Gasteiger partial charge on any atom is 0.250 e. The number of hydrogen-bond acceptors (Lipinski definition) is 4. The summed E-state index contributed by atoms with van der Waals surface area (Å²) in [4.78, 5) is 20.9. The van der Waals surface area contributed by atoms with Crippen LogP contribution in [0.5, 0.6) is 5.75 Å². The molecule has 5 nitrogen and oxygen atoms in total. The average molecular weight is 349 g/mol. The largest absolute Gasteiger partial charge is 0.508 e. The van der Waals surface area contributed by atoms with Crippen LogP contribution < -0.4 is 5.56 Å². The molecule has 2 aromatic heterocycles. The van der Waals surface area contributed by atoms with Crippen LogP contribution >= 0.6 is 0 Å². The smallest absolute Gasteiger partial charge is 0.250 e. The Morgan fingerprint density at radius 3 is 2.73 bits per heavy atom. The van der Waals surface area contributed by atoms with Crippen molar-refractivity contribution in [3.8, 4) is 28.8 Å². The van der Waals surface area contributed by atoms with E-state index in [2.05, 4.69) is 21.8 Å². The van der Waals surface area contributed by atoms with E-state index < -0.39 is 0 Å². The van der Waals surface area contributed by atoms with Crippen molar-refractivity contribution in [1.82, 2.24) is 14.5 Å². The molecule has 0 unspecified atom stereocenters. The molecule has 0 aliphatic rings. The number of aryl methyl sites for hydroxylation is 1. The first-order valence-electron chi connectivity index (χ1n) is 8.31. The fourth-order valence-corrected chi connectivity index (χ4v) is 2.48. The fraction of sp³-hybridized carbons (Fsp3) is 0.190. The van der Waals surface area contributed by atoms with Crippen molar-refractivity contribution in [3.63, 3.8) is 0 Å². The van der Waals surface area contributed by atoms with Crippen LogP contribution in [-0.2, 0) is 0 Å². The zero-order valence-corrected chi connectivity index (χ0v) is 14.9. The predicted molar refractivity (Wildman–Crippen MR) is 105 cm³/mol. The number of aromatic nitrogens is 3. The molecule has 0 aliphatic heterocycles. The Hall–Kier alpha value is -3.39. The lowest BCUT2D eigenvalue weighted by molar-refractivity contribution is 0.475. The molecule has 0 aliphatic carbocycles. The Morgan fingerprint density at radius 1 is 1.19 bits per heavy atom. The van der Waals surface area contributed by atoms with Crippen molar-refractivity contribution in [2.45, 2.75) is 26.8 Å². The van der Waals surface area contributed by atoms with Gasteiger partial charge in [0.15, 0.2) is 0 Å². The second-order valence-electron chi connectivity index (χ2n) is 6.25. The van der Waals surface area contributed by atoms with Crippen LogP contribution in [0.25, 0.3) is 11.3 Å². The summed E-state index contributed by atoms with van der Waals surface area (Å²) in [5, 5.41) is 9.53. The molecule has 2 heterocycles. The first-order valence-corrected chi connectivity index (χ1v) is 8.31. The molecule has 0 saturated carbocycles. The lowest BCUT2D eigenvalue weighted by Crippen LogP contribution is -2.20. The number of aromatic hydroxyl groups is 1. The van der Waals surface area contributed by atoms with Crippen LogP contribution in [0, 0.1) is 18.8 Å². The molecule has 1 N–H and O–H groups in total. The Morgan fingerprint density at radius 2 is 2.00 bits per heavy atom. The number of benzene rings is 1. The molecule has 26 heavy (non-hydrogen) atoms. The van der Waals surface area contributed by atoms with Crippen LogP contribution in [0.4, 0.5) is 0 Å². The third-order valence-corrected chi connectivity index (χ3v) is 3.92. The molecule has 1 aromatic carbocycles. The van der Waals surface area contributed by atoms with Crippen LogP contribution in [-0.4, -0.2) is 19.6 Å². The van der Waals surface area contributed by atoms with Crippen molar-refractivity contribution in [2.75, 3.05) is 0 Å². The summed E-state index contributed by atoms with van der Waals surface area (Å²) in [6.45, 7) is 5.76. The molecule has 134 valence electrons. The third-order valence-electron chi connectivity index (χ3n) is 3.92. The quantitative estimate of drug-likeness (QED) is 0.715. The number of phenols is 1. The highest BCUT2D eigenvalue weighted by Crippen LogP contribution is 2.17. The van der Waals surface area contributed by atoms with E-state index >= 15 is 0 Å². The molecule has 0 amide bonds. The Balaban J connectivity index is 0.00000196. The van der Waals surface area contributed by atoms with Gasteiger partial charge in [-0.15, -0.1) is 0 Å². The zero-order valence-electron chi connectivity index (χ0n) is 14.9. The summed E-state index contributed by atoms with van der Waals surface area (Å²) >= 11 is 0. The number of nitrogens with zero attached hydrogens (tertiary/aromatic N) is 3. The van der Waals surface area contributed by atoms with E-state index in [4.69, 9.17) is 0 Å². The maximum absolute atomic E-state index is 11.9. The molecule has 5 heteroatoms. The van der Waals surface area contributed by atoms with Gasteiger partial charge in [0.25, 0.3) is 5.56 Å². The van der Waals surface area contributed by atoms with Gasteiger partial charge in [-0.05, 0) is 51.0 Å². The molecule has 0 spiro atoms. The summed E-state index contributed by atoms with van der Waals surface area (Å²) < 4.78 is 1.66. The summed E-state index contributed by atoms with van der Waals surface area (Å²) in [7, 11) is 0. The van der Waals surface area contributed by atoms with Crippen LogP contribution in [0.15, 0.2) is 53.6 Å². The van der Waals surface area contributed by atoms with E-state index in [1.165, 1.54) is 6.07 Å². The van der Waals surface area contributed by atoms with Crippen LogP contribution in [0.3, 0.4) is 0 Å². The van der Waals surface area contributed by atoms with Gasteiger partial charge in [-0.2, -0.15) is 0 Å². The maximum atomic E-state index is 11.9. The highest BCUT2D eigenvalue weighted by atomic mass is 16.3. The summed E-state index contributed by atoms with van der Waals surface area (Å²) in [6.07, 6.45) is 3.47. The molecular formula is C21H23N3O2. The normalized spacial score (nSPS) is 10.5. The second kappa shape index (κ2) is 7.24. The molecule has 3 rings (SSSR count). The zero-order chi connectivity index (χ0) is 18.7. The second-order valence-corrected chi connectivity index (χ2v) is 6.25. The monoisotopic (exact) mass is 349 g/mol. The average Bonchev–Trinajstić information content (AvgIpc) is 2.61. The first kappa shape index (κ1) is 17.4. The van der Waals surface area contributed by atoms with Gasteiger partial charge in [0.1, 0.15) is 11.4 Å². The van der Waals surface area contributed by atoms with Crippen LogP contribution in [0.1, 0.15) is 39.7 Å². The van der Waals surface area contributed by atoms with Crippen molar-refractivity contribution >= 4 is 0 Å². The molecule has 0 saturated heterocycles. The summed E-state index contributed by atoms with van der Waals surface area (Å²) in [5.41, 5.74) is 3.40. The van der Waals surface area contributed by atoms with E-state index in [0.717, 1.165) is 11.3 Å². The van der Waals surface area contributed by atoms with Crippen molar-refractivity contribution < 1.29 is 7.96 Å². The van der Waals surface area contributed by atoms with Gasteiger partial charge in [0.2, 0.25) is 0 Å². The highest BCUT2D eigenvalue weighted by Gasteiger charge is 2.08. The molecule has 0 radical (unpaired) electrons. The van der Waals surface area contributed by atoms with Crippen molar-refractivity contribution in [1.29, 1.82) is 0 Å². The minimum Gasteiger partial charge on any atom is -0.508 e. The minimum atomic E-state index is -0.0484. The van der Waals surface area contributed by atoms with Gasteiger partial charge in [0.05, 0.1) is 17.6 Å². The van der Waals surface area contributed by atoms with Crippen molar-refractivity contribution in [3.05, 3.63) is 76.1 Å². The predicted octanol–water partition coefficient (Wildman–Crippen LogP) is 3.79. The van der Waals surface area contributed by atoms with Gasteiger partial charge in [-0.1, -0.05) is 12.0 Å². The molecular weight excluding hydrogens is 326 g/mol. The van der Waals surface area contributed by atoms with Gasteiger partial charge >= 0.3 is 0 Å². The molecule has 0 bridgehead atoms. The van der Waals surface area contributed by atoms with E-state index in [1.54, 1.807) is 41.2 Å². The van der Waals surface area contributed by atoms with Gasteiger partial charge in [0, 0.05) is 32.3 Å². The first-order chi connectivity index (χ1) is 12.4. The lowest BCUT2D eigenvalue weighted by atomic mass is 10.2. The number of pyridine rings is 1. The van der Waals surface area contributed by atoms with Gasteiger partial charge in [-0.3, -0.25) is 9.78 Å². The van der Waals surface area contributed by atoms with E-state index in [9.17, 15) is 9.90 Å². The van der Waals surface area contributed by atoms with Crippen LogP contribution in [0.2, 0.25) is 0 Å². The third kappa shape index (κ3) is 3.81. The van der Waals surface area contributed by atoms with Gasteiger partial charge < -0.3 is 9.67 Å². The fourth-order valence-electron chi connectivity index (χ4n) is 2.48. The Kier molecular flexibility index (Phi) is 4.85. The van der Waals surface area contributed by atoms with E-state index in [-0.39, 0.29) is 20.2 Å². The number of rotatable bonds is 2. The lowest BCUT2D eigenvalue weighted by Gasteiger charge is -2.11. The molecule has 0 atom stereocenters. The van der Waals surface area contributed by atoms with E-state index in [0.29, 0.717) is 17.0 Å². The SMILES string of the molecule is Cc1ncc(-c2ccc(=O)n(C(C)C)c2)nc1C#Cc1cccc(O)c1.[HH].[HH]. The Labute approximate surface area is 155 Å². The number of phenolic OH excluding ortho intramolecular Hbond substituents is 1. The molecule has 0 fully saturated rings. The van der Waals surface area contributed by atoms with E-state index in [1.807, 2.05) is 26.8 Å². The number of hydrogen-bond donors (Lipinski definition) is 1. The van der Waals surface area contributed by atoms with Crippen molar-refractivity contribution in [2.24, 2.45) is 0 Å². The summed E-state index contributed by atoms with van der Waals surface area (Å²) in [6, 6.07) is 10.1. The van der Waals surface area contributed by atoms with Gasteiger partial charge in [-0.25, -0.2) is 4.98 Å². The summed E-state index contributed by atoms with van der Waals surface area (Å²) in [5.74, 6) is 6.18. The standard InChI is InChI=1S/C21H19N3O2.2H2/c1-14(2)24-13-17(8-10-21(24)26)20-12-22-15(3)19(23-20)9-7-16-5-4-6-18(25)11-16;;/h4-6,8,10-14,25H,1-3H3;2*1H. The molecule has 3 aromatic rings. The highest BCUT2D eigenvalue weighted by molar-refractivity contribution is 5.58. The Bertz CT molecular complexity index is 1080. The minimum absolute atomic E-state index is 0. The topological polar surface area (TPSA) is 68.0 Å².